The van der Waals surface area contributed by atoms with Gasteiger partial charge in [-0.15, -0.1) is 0 Å². The second-order valence-electron chi connectivity index (χ2n) is 7.61. The van der Waals surface area contributed by atoms with E-state index >= 15 is 0 Å². The van der Waals surface area contributed by atoms with E-state index in [2.05, 4.69) is 51.8 Å². The Kier molecular flexibility index (Phi) is 5.35. The molecule has 0 aromatic carbocycles. The van der Waals surface area contributed by atoms with Crippen LogP contribution in [0.25, 0.3) is 0 Å². The fourth-order valence-electron chi connectivity index (χ4n) is 4.11. The molecule has 0 saturated carbocycles. The fourth-order valence-corrected chi connectivity index (χ4v) is 4.11. The van der Waals surface area contributed by atoms with Gasteiger partial charge in [0.25, 0.3) is 0 Å². The van der Waals surface area contributed by atoms with E-state index in [0.29, 0.717) is 18.1 Å². The molecule has 21 heavy (non-hydrogen) atoms. The van der Waals surface area contributed by atoms with E-state index in [-0.39, 0.29) is 11.2 Å². The van der Waals surface area contributed by atoms with Gasteiger partial charge in [0.2, 0.25) is 0 Å². The lowest BCUT2D eigenvalue weighted by Crippen LogP contribution is -2.53. The van der Waals surface area contributed by atoms with Crippen molar-refractivity contribution in [2.45, 2.75) is 71.3 Å². The Morgan fingerprint density at radius 1 is 1.14 bits per heavy atom. The van der Waals surface area contributed by atoms with Crippen molar-refractivity contribution in [3.05, 3.63) is 0 Å². The van der Waals surface area contributed by atoms with E-state index in [1.807, 2.05) is 0 Å². The van der Waals surface area contributed by atoms with Crippen molar-refractivity contribution >= 4 is 0 Å². The average molecular weight is 298 g/mol. The molecule has 2 aliphatic heterocycles. The Morgan fingerprint density at radius 3 is 2.48 bits per heavy atom. The third-order valence-corrected chi connectivity index (χ3v) is 5.13. The van der Waals surface area contributed by atoms with Crippen molar-refractivity contribution in [1.29, 1.82) is 0 Å². The van der Waals surface area contributed by atoms with Gasteiger partial charge >= 0.3 is 0 Å². The first-order valence-corrected chi connectivity index (χ1v) is 8.57. The summed E-state index contributed by atoms with van der Waals surface area (Å²) in [5.74, 6) is 0.503. The molecular weight excluding hydrogens is 264 g/mol. The summed E-state index contributed by atoms with van der Waals surface area (Å²) in [6.45, 7) is 18.4. The smallest absolute Gasteiger partial charge is 0.0790 e. The lowest BCUT2D eigenvalue weighted by molar-refractivity contribution is -0.0844. The van der Waals surface area contributed by atoms with Gasteiger partial charge < -0.3 is 14.8 Å². The van der Waals surface area contributed by atoms with E-state index in [9.17, 15) is 0 Å². The molecule has 0 aromatic rings. The van der Waals surface area contributed by atoms with Gasteiger partial charge in [-0.25, -0.2) is 0 Å². The van der Waals surface area contributed by atoms with Gasteiger partial charge in [-0.3, -0.25) is 4.90 Å². The first kappa shape index (κ1) is 17.2. The van der Waals surface area contributed by atoms with Crippen LogP contribution in [-0.2, 0) is 9.47 Å². The maximum atomic E-state index is 6.39. The summed E-state index contributed by atoms with van der Waals surface area (Å²) in [5.41, 5.74) is -0.197. The summed E-state index contributed by atoms with van der Waals surface area (Å²) in [5, 5.41) is 3.67. The lowest BCUT2D eigenvalue weighted by Gasteiger charge is -2.38. The Morgan fingerprint density at radius 2 is 1.86 bits per heavy atom. The quantitative estimate of drug-likeness (QED) is 0.844. The topological polar surface area (TPSA) is 33.7 Å². The lowest BCUT2D eigenvalue weighted by atomic mass is 9.82. The maximum absolute atomic E-state index is 6.39. The predicted octanol–water partition coefficient (Wildman–Crippen LogP) is 2.28. The molecule has 4 heteroatoms. The van der Waals surface area contributed by atoms with Gasteiger partial charge in [0, 0.05) is 31.6 Å². The van der Waals surface area contributed by atoms with Crippen LogP contribution < -0.4 is 5.32 Å². The van der Waals surface area contributed by atoms with E-state index in [0.717, 1.165) is 39.2 Å². The highest BCUT2D eigenvalue weighted by Crippen LogP contribution is 2.42. The van der Waals surface area contributed by atoms with Crippen LogP contribution in [0, 0.1) is 5.92 Å². The van der Waals surface area contributed by atoms with Crippen LogP contribution in [0.5, 0.6) is 0 Å². The Labute approximate surface area is 130 Å². The van der Waals surface area contributed by atoms with Gasteiger partial charge in [0.15, 0.2) is 0 Å². The Bertz CT molecular complexity index is 344. The summed E-state index contributed by atoms with van der Waals surface area (Å²) in [4.78, 5) is 2.57. The molecule has 2 fully saturated rings. The van der Waals surface area contributed by atoms with E-state index in [1.165, 1.54) is 0 Å². The molecule has 0 spiro atoms. The standard InChI is InChI=1S/C17H34N2O2/c1-7-13-11-19(9-10-20-13)12-14-15(18-8-2)17(5,6)21-16(14,3)4/h13-15,18H,7-12H2,1-6H3. The Hall–Kier alpha value is -0.160. The highest BCUT2D eigenvalue weighted by Gasteiger charge is 2.53. The zero-order valence-electron chi connectivity index (χ0n) is 14.7. The van der Waals surface area contributed by atoms with Gasteiger partial charge in [-0.05, 0) is 40.7 Å². The summed E-state index contributed by atoms with van der Waals surface area (Å²) >= 11 is 0. The van der Waals surface area contributed by atoms with Crippen LogP contribution in [0.4, 0.5) is 0 Å². The van der Waals surface area contributed by atoms with Gasteiger partial charge in [0.1, 0.15) is 0 Å². The van der Waals surface area contributed by atoms with Crippen molar-refractivity contribution in [3.63, 3.8) is 0 Å². The summed E-state index contributed by atoms with van der Waals surface area (Å²) < 4.78 is 12.2. The fraction of sp³-hybridized carbons (Fsp3) is 1.00. The molecular formula is C17H34N2O2. The van der Waals surface area contributed by atoms with Crippen molar-refractivity contribution in [1.82, 2.24) is 10.2 Å². The number of likely N-dealkylation sites (N-methyl/N-ethyl adjacent to an activating group) is 1. The number of rotatable bonds is 5. The SMILES string of the molecule is CCNC1C(CN2CCOC(CC)C2)C(C)(C)OC1(C)C. The van der Waals surface area contributed by atoms with Crippen molar-refractivity contribution in [2.24, 2.45) is 5.92 Å². The van der Waals surface area contributed by atoms with Crippen LogP contribution in [-0.4, -0.2) is 61.0 Å². The molecule has 0 amide bonds. The summed E-state index contributed by atoms with van der Waals surface area (Å²) in [7, 11) is 0. The molecule has 2 rings (SSSR count). The third kappa shape index (κ3) is 3.79. The van der Waals surface area contributed by atoms with Crippen molar-refractivity contribution < 1.29 is 9.47 Å². The predicted molar refractivity (Wildman–Crippen MR) is 86.7 cm³/mol. The van der Waals surface area contributed by atoms with Crippen molar-refractivity contribution in [2.75, 3.05) is 32.8 Å². The monoisotopic (exact) mass is 298 g/mol. The van der Waals surface area contributed by atoms with Gasteiger partial charge in [0.05, 0.1) is 23.9 Å². The highest BCUT2D eigenvalue weighted by molar-refractivity contribution is 5.06. The second-order valence-corrected chi connectivity index (χ2v) is 7.61. The number of nitrogens with zero attached hydrogens (tertiary/aromatic N) is 1. The van der Waals surface area contributed by atoms with Crippen LogP contribution >= 0.6 is 0 Å². The van der Waals surface area contributed by atoms with Crippen LogP contribution in [0.1, 0.15) is 48.0 Å². The zero-order chi connectivity index (χ0) is 15.7. The van der Waals surface area contributed by atoms with E-state index in [4.69, 9.17) is 9.47 Å². The molecule has 0 aromatic heterocycles. The molecule has 0 aliphatic carbocycles. The number of nitrogens with one attached hydrogen (secondary N) is 1. The highest BCUT2D eigenvalue weighted by atomic mass is 16.5. The number of hydrogen-bond donors (Lipinski definition) is 1. The third-order valence-electron chi connectivity index (χ3n) is 5.13. The molecule has 124 valence electrons. The largest absolute Gasteiger partial charge is 0.376 e. The number of ether oxygens (including phenoxy) is 2. The number of morpholine rings is 1. The number of hydrogen-bond acceptors (Lipinski definition) is 4. The zero-order valence-corrected chi connectivity index (χ0v) is 14.7. The average Bonchev–Trinajstić information content (AvgIpc) is 2.57. The maximum Gasteiger partial charge on any atom is 0.0790 e. The van der Waals surface area contributed by atoms with E-state index in [1.54, 1.807) is 0 Å². The van der Waals surface area contributed by atoms with Crippen LogP contribution in [0.3, 0.4) is 0 Å². The molecule has 2 saturated heterocycles. The Balaban J connectivity index is 2.08. The van der Waals surface area contributed by atoms with Crippen LogP contribution in [0.2, 0.25) is 0 Å². The molecule has 0 radical (unpaired) electrons. The first-order valence-electron chi connectivity index (χ1n) is 8.57. The summed E-state index contributed by atoms with van der Waals surface area (Å²) in [6, 6.07) is 0.403. The minimum absolute atomic E-state index is 0.0870. The van der Waals surface area contributed by atoms with Crippen molar-refractivity contribution in [3.8, 4) is 0 Å². The van der Waals surface area contributed by atoms with Crippen LogP contribution in [0.15, 0.2) is 0 Å². The molecule has 4 nitrogen and oxygen atoms in total. The molecule has 2 heterocycles. The molecule has 1 N–H and O–H groups in total. The molecule has 0 bridgehead atoms. The minimum atomic E-state index is -0.110. The van der Waals surface area contributed by atoms with E-state index < -0.39 is 0 Å². The molecule has 3 unspecified atom stereocenters. The second kappa shape index (κ2) is 6.53. The summed E-state index contributed by atoms with van der Waals surface area (Å²) in [6.07, 6.45) is 1.50. The molecule has 3 atom stereocenters. The van der Waals surface area contributed by atoms with Gasteiger partial charge in [-0.1, -0.05) is 13.8 Å². The minimum Gasteiger partial charge on any atom is -0.376 e. The first-order chi connectivity index (χ1) is 9.80. The van der Waals surface area contributed by atoms with Gasteiger partial charge in [-0.2, -0.15) is 0 Å². The normalized spacial score (nSPS) is 36.0. The molecule has 2 aliphatic rings.